The van der Waals surface area contributed by atoms with E-state index in [1.807, 2.05) is 79.7 Å². The number of fused-ring (bicyclic) bond motifs is 4. The second kappa shape index (κ2) is 8.74. The van der Waals surface area contributed by atoms with Gasteiger partial charge in [-0.05, 0) is 67.6 Å². The molecule has 1 N–H and O–H groups in total. The molecule has 0 fully saturated rings. The number of furan rings is 1. The van der Waals surface area contributed by atoms with Gasteiger partial charge in [0.2, 0.25) is 0 Å². The van der Waals surface area contributed by atoms with Gasteiger partial charge in [-0.1, -0.05) is 18.2 Å². The second-order valence-corrected chi connectivity index (χ2v) is 8.95. The third-order valence-electron chi connectivity index (χ3n) is 6.67. The maximum atomic E-state index is 6.02. The number of amidine groups is 2. The lowest BCUT2D eigenvalue weighted by Gasteiger charge is -2.39. The highest BCUT2D eigenvalue weighted by atomic mass is 16.5. The average Bonchev–Trinajstić information content (AvgIpc) is 3.61. The molecular weight excluding hydrogens is 478 g/mol. The Balaban J connectivity index is 1.46. The van der Waals surface area contributed by atoms with E-state index in [0.717, 1.165) is 39.8 Å². The Kier molecular flexibility index (Phi) is 5.07. The van der Waals surface area contributed by atoms with Gasteiger partial charge in [-0.15, -0.1) is 0 Å². The molecule has 2 aromatic carbocycles. The molecule has 9 nitrogen and oxygen atoms in total. The normalized spacial score (nSPS) is 15.6. The molecule has 0 bridgehead atoms. The van der Waals surface area contributed by atoms with Crippen LogP contribution in [0.3, 0.4) is 0 Å². The van der Waals surface area contributed by atoms with Crippen molar-refractivity contribution in [3.63, 3.8) is 0 Å². The zero-order chi connectivity index (χ0) is 25.6. The molecule has 0 saturated carbocycles. The third-order valence-corrected chi connectivity index (χ3v) is 6.67. The van der Waals surface area contributed by atoms with Gasteiger partial charge in [0.05, 0.1) is 36.0 Å². The maximum Gasteiger partial charge on any atom is 0.179 e. The van der Waals surface area contributed by atoms with Gasteiger partial charge in [0.15, 0.2) is 23.3 Å². The van der Waals surface area contributed by atoms with Crippen molar-refractivity contribution in [2.45, 2.75) is 13.0 Å². The van der Waals surface area contributed by atoms with Crippen LogP contribution >= 0.6 is 0 Å². The Morgan fingerprint density at radius 2 is 1.76 bits per heavy atom. The smallest absolute Gasteiger partial charge is 0.179 e. The minimum absolute atomic E-state index is 0.311. The molecule has 5 aromatic rings. The molecule has 0 amide bonds. The molecule has 2 aliphatic rings. The van der Waals surface area contributed by atoms with Crippen molar-refractivity contribution in [3.05, 3.63) is 108 Å². The number of benzene rings is 2. The number of rotatable bonds is 4. The number of nitrogens with one attached hydrogen (secondary N) is 1. The molecule has 0 aliphatic carbocycles. The van der Waals surface area contributed by atoms with Crippen molar-refractivity contribution in [1.29, 1.82) is 0 Å². The quantitative estimate of drug-likeness (QED) is 0.326. The highest BCUT2D eigenvalue weighted by Gasteiger charge is 2.42. The number of hydrogen-bond donors (Lipinski definition) is 1. The van der Waals surface area contributed by atoms with Gasteiger partial charge < -0.3 is 19.4 Å². The van der Waals surface area contributed by atoms with E-state index in [0.29, 0.717) is 23.3 Å². The molecule has 0 radical (unpaired) electrons. The molecule has 7 rings (SSSR count). The summed E-state index contributed by atoms with van der Waals surface area (Å²) in [5.74, 6) is 4.21. The summed E-state index contributed by atoms with van der Waals surface area (Å²) in [5, 5.41) is 8.35. The van der Waals surface area contributed by atoms with Crippen LogP contribution in [0.15, 0.2) is 106 Å². The van der Waals surface area contributed by atoms with Crippen molar-refractivity contribution in [2.24, 2.45) is 9.98 Å². The monoisotopic (exact) mass is 501 g/mol. The van der Waals surface area contributed by atoms with Gasteiger partial charge in [-0.3, -0.25) is 0 Å². The van der Waals surface area contributed by atoms with Gasteiger partial charge in [-0.25, -0.2) is 15.0 Å². The molecular formula is C29H23N7O2. The average molecular weight is 502 g/mol. The molecule has 3 aromatic heterocycles. The fraction of sp³-hybridized carbons (Fsp3) is 0.103. The van der Waals surface area contributed by atoms with Gasteiger partial charge in [0.25, 0.3) is 0 Å². The summed E-state index contributed by atoms with van der Waals surface area (Å²) in [6.45, 7) is 2.00. The summed E-state index contributed by atoms with van der Waals surface area (Å²) >= 11 is 0. The topological polar surface area (TPSA) is 93.1 Å². The summed E-state index contributed by atoms with van der Waals surface area (Å²) in [4.78, 5) is 16.9. The number of para-hydroxylation sites is 2. The molecule has 1 atom stereocenters. The van der Waals surface area contributed by atoms with Crippen molar-refractivity contribution < 1.29 is 9.15 Å². The molecule has 186 valence electrons. The first kappa shape index (κ1) is 22.1. The van der Waals surface area contributed by atoms with Crippen molar-refractivity contribution in [3.8, 4) is 11.6 Å². The predicted molar refractivity (Wildman–Crippen MR) is 146 cm³/mol. The van der Waals surface area contributed by atoms with E-state index >= 15 is 0 Å². The first-order valence-electron chi connectivity index (χ1n) is 12.2. The van der Waals surface area contributed by atoms with Gasteiger partial charge >= 0.3 is 0 Å². The fourth-order valence-corrected chi connectivity index (χ4v) is 4.96. The van der Waals surface area contributed by atoms with Crippen LogP contribution in [0.1, 0.15) is 23.1 Å². The molecule has 5 heterocycles. The second-order valence-electron chi connectivity index (χ2n) is 8.95. The van der Waals surface area contributed by atoms with Crippen LogP contribution in [-0.2, 0) is 0 Å². The van der Waals surface area contributed by atoms with E-state index in [9.17, 15) is 0 Å². The maximum absolute atomic E-state index is 6.02. The van der Waals surface area contributed by atoms with Gasteiger partial charge in [-0.2, -0.15) is 9.78 Å². The lowest BCUT2D eigenvalue weighted by atomic mass is 9.98. The van der Waals surface area contributed by atoms with E-state index in [4.69, 9.17) is 24.2 Å². The SMILES string of the molecule is COc1ccc(NC2=Nc3ccccc3N3C2=Nc2c(c(C)nn2-c2ccccn2)C3c2ccco2)cc1. The van der Waals surface area contributed by atoms with E-state index in [1.165, 1.54) is 0 Å². The number of methoxy groups -OCH3 is 1. The Hall–Kier alpha value is -5.18. The Morgan fingerprint density at radius 3 is 2.53 bits per heavy atom. The minimum Gasteiger partial charge on any atom is -0.497 e. The number of aliphatic imine (C=N–C) groups is 2. The number of nitrogens with zero attached hydrogens (tertiary/aromatic N) is 6. The van der Waals surface area contributed by atoms with Crippen molar-refractivity contribution >= 4 is 34.6 Å². The molecule has 0 saturated heterocycles. The highest BCUT2D eigenvalue weighted by Crippen LogP contribution is 2.48. The van der Waals surface area contributed by atoms with Crippen LogP contribution in [0, 0.1) is 6.92 Å². The number of anilines is 2. The Bertz CT molecular complexity index is 1690. The number of aryl methyl sites for hydroxylation is 1. The van der Waals surface area contributed by atoms with E-state index in [-0.39, 0.29) is 6.04 Å². The minimum atomic E-state index is -0.311. The first-order valence-corrected chi connectivity index (χ1v) is 12.2. The molecule has 2 aliphatic heterocycles. The summed E-state index contributed by atoms with van der Waals surface area (Å²) < 4.78 is 13.1. The zero-order valence-corrected chi connectivity index (χ0v) is 20.7. The Morgan fingerprint density at radius 1 is 0.921 bits per heavy atom. The summed E-state index contributed by atoms with van der Waals surface area (Å²) in [7, 11) is 1.65. The standard InChI is InChI=1S/C29H23N7O2/c1-18-25-26(23-10-7-17-38-23)35-22-9-4-3-8-21(22)32-27(31-19-12-14-20(37-2)15-13-19)29(35)33-28(25)36(34-18)24-11-5-6-16-30-24/h3-17,26H,1-2H3,(H,31,32). The number of pyridine rings is 1. The predicted octanol–water partition coefficient (Wildman–Crippen LogP) is 5.97. The summed E-state index contributed by atoms with van der Waals surface area (Å²) in [6.07, 6.45) is 3.44. The van der Waals surface area contributed by atoms with Crippen LogP contribution in [0.4, 0.5) is 22.9 Å². The highest BCUT2D eigenvalue weighted by molar-refractivity contribution is 6.51. The van der Waals surface area contributed by atoms with E-state index < -0.39 is 0 Å². The largest absolute Gasteiger partial charge is 0.497 e. The summed E-state index contributed by atoms with van der Waals surface area (Å²) in [6, 6.07) is 25.1. The molecule has 38 heavy (non-hydrogen) atoms. The number of aromatic nitrogens is 3. The summed E-state index contributed by atoms with van der Waals surface area (Å²) in [5.41, 5.74) is 4.43. The van der Waals surface area contributed by atoms with Gasteiger partial charge in [0, 0.05) is 11.9 Å². The van der Waals surface area contributed by atoms with Crippen LogP contribution in [0.5, 0.6) is 5.75 Å². The molecule has 1 unspecified atom stereocenters. The lowest BCUT2D eigenvalue weighted by Crippen LogP contribution is -2.46. The van der Waals surface area contributed by atoms with Crippen molar-refractivity contribution in [1.82, 2.24) is 14.8 Å². The van der Waals surface area contributed by atoms with Crippen LogP contribution in [0.2, 0.25) is 0 Å². The molecule has 9 heteroatoms. The number of hydrogen-bond acceptors (Lipinski definition) is 8. The fourth-order valence-electron chi connectivity index (χ4n) is 4.96. The van der Waals surface area contributed by atoms with Gasteiger partial charge in [0.1, 0.15) is 17.6 Å². The number of ether oxygens (including phenoxy) is 1. The lowest BCUT2D eigenvalue weighted by molar-refractivity contribution is 0.415. The Labute approximate surface area is 218 Å². The van der Waals surface area contributed by atoms with Crippen molar-refractivity contribution in [2.75, 3.05) is 17.3 Å². The van der Waals surface area contributed by atoms with Crippen LogP contribution < -0.4 is 15.0 Å². The van der Waals surface area contributed by atoms with E-state index in [1.54, 1.807) is 24.3 Å². The van der Waals surface area contributed by atoms with Crippen LogP contribution in [-0.4, -0.2) is 33.5 Å². The zero-order valence-electron chi connectivity index (χ0n) is 20.7. The third kappa shape index (κ3) is 3.47. The van der Waals surface area contributed by atoms with Crippen LogP contribution in [0.25, 0.3) is 5.82 Å². The first-order chi connectivity index (χ1) is 18.7. The molecule has 0 spiro atoms. The van der Waals surface area contributed by atoms with E-state index in [2.05, 4.69) is 21.3 Å².